The van der Waals surface area contributed by atoms with E-state index in [2.05, 4.69) is 80.1 Å². The van der Waals surface area contributed by atoms with Crippen LogP contribution in [0.2, 0.25) is 0 Å². The van der Waals surface area contributed by atoms with Gasteiger partial charge in [0.2, 0.25) is 0 Å². The Hall–Kier alpha value is -0.340. The Bertz CT molecular complexity index is 393. The molecule has 0 fully saturated rings. The molecule has 0 aliphatic heterocycles. The summed E-state index contributed by atoms with van der Waals surface area (Å²) in [6.07, 6.45) is 3.71. The van der Waals surface area contributed by atoms with Crippen LogP contribution in [0.5, 0.6) is 0 Å². The number of halogens is 1. The van der Waals surface area contributed by atoms with Gasteiger partial charge in [0.15, 0.2) is 0 Å². The molecule has 2 heteroatoms. The minimum Gasteiger partial charge on any atom is -0.314 e. The lowest BCUT2D eigenvalue weighted by atomic mass is 9.84. The Balaban J connectivity index is 2.64. The van der Waals surface area contributed by atoms with Gasteiger partial charge < -0.3 is 5.32 Å². The van der Waals surface area contributed by atoms with Gasteiger partial charge in [0.25, 0.3) is 0 Å². The molecule has 0 aromatic heterocycles. The summed E-state index contributed by atoms with van der Waals surface area (Å²) < 4.78 is 1.24. The van der Waals surface area contributed by atoms with Crippen LogP contribution in [-0.2, 0) is 6.42 Å². The third-order valence-corrected chi connectivity index (χ3v) is 4.36. The highest BCUT2D eigenvalue weighted by Gasteiger charge is 2.17. The molecule has 20 heavy (non-hydrogen) atoms. The highest BCUT2D eigenvalue weighted by Crippen LogP contribution is 2.27. The first-order chi connectivity index (χ1) is 9.28. The Labute approximate surface area is 133 Å². The van der Waals surface area contributed by atoms with Gasteiger partial charge in [-0.2, -0.15) is 0 Å². The van der Waals surface area contributed by atoms with Crippen molar-refractivity contribution in [1.82, 2.24) is 5.32 Å². The zero-order valence-electron chi connectivity index (χ0n) is 13.7. The highest BCUT2D eigenvalue weighted by molar-refractivity contribution is 9.10. The van der Waals surface area contributed by atoms with Crippen molar-refractivity contribution in [3.8, 4) is 0 Å². The van der Waals surface area contributed by atoms with Crippen molar-refractivity contribution in [3.63, 3.8) is 0 Å². The van der Waals surface area contributed by atoms with Gasteiger partial charge in [0.05, 0.1) is 0 Å². The maximum atomic E-state index is 3.68. The zero-order valence-corrected chi connectivity index (χ0v) is 15.3. The average Bonchev–Trinajstić information content (AvgIpc) is 2.34. The van der Waals surface area contributed by atoms with Crippen molar-refractivity contribution in [3.05, 3.63) is 34.3 Å². The standard InChI is InChI=1S/C18H30BrN/c1-14(2)20-13-15(10-11-18(3,4)5)12-16-8-6-7-9-17(16)19/h6-9,14-15,20H,10-13H2,1-5H3. The van der Waals surface area contributed by atoms with E-state index in [4.69, 9.17) is 0 Å². The van der Waals surface area contributed by atoms with Crippen molar-refractivity contribution >= 4 is 15.9 Å². The van der Waals surface area contributed by atoms with Gasteiger partial charge in [-0.3, -0.25) is 0 Å². The lowest BCUT2D eigenvalue weighted by Crippen LogP contribution is -2.30. The second-order valence-electron chi connectivity index (χ2n) is 7.32. The minimum absolute atomic E-state index is 0.421. The quantitative estimate of drug-likeness (QED) is 0.698. The van der Waals surface area contributed by atoms with Gasteiger partial charge in [-0.15, -0.1) is 0 Å². The molecule has 0 spiro atoms. The van der Waals surface area contributed by atoms with Gasteiger partial charge in [-0.05, 0) is 48.8 Å². The molecule has 1 rings (SSSR count). The first-order valence-corrected chi connectivity index (χ1v) is 8.54. The first-order valence-electron chi connectivity index (χ1n) is 7.75. The number of benzene rings is 1. The summed E-state index contributed by atoms with van der Waals surface area (Å²) in [5, 5.41) is 3.61. The van der Waals surface area contributed by atoms with E-state index in [-0.39, 0.29) is 0 Å². The molecule has 0 heterocycles. The number of nitrogens with one attached hydrogen (secondary N) is 1. The predicted molar refractivity (Wildman–Crippen MR) is 93.2 cm³/mol. The molecule has 0 saturated carbocycles. The van der Waals surface area contributed by atoms with Crippen LogP contribution in [0, 0.1) is 11.3 Å². The molecule has 0 bridgehead atoms. The normalized spacial score (nSPS) is 13.8. The molecular weight excluding hydrogens is 310 g/mol. The van der Waals surface area contributed by atoms with Crippen LogP contribution < -0.4 is 5.32 Å². The summed E-state index contributed by atoms with van der Waals surface area (Å²) in [5.74, 6) is 0.704. The van der Waals surface area contributed by atoms with Crippen molar-refractivity contribution in [2.24, 2.45) is 11.3 Å². The van der Waals surface area contributed by atoms with Crippen molar-refractivity contribution in [2.45, 2.75) is 59.9 Å². The number of rotatable bonds is 7. The Morgan fingerprint density at radius 1 is 1.15 bits per heavy atom. The molecule has 0 aliphatic carbocycles. The van der Waals surface area contributed by atoms with Crippen molar-refractivity contribution in [1.29, 1.82) is 0 Å². The number of hydrogen-bond acceptors (Lipinski definition) is 1. The summed E-state index contributed by atoms with van der Waals surface area (Å²) in [4.78, 5) is 0. The molecule has 0 radical (unpaired) electrons. The molecule has 1 N–H and O–H groups in total. The van der Waals surface area contributed by atoms with E-state index in [1.165, 1.54) is 22.9 Å². The summed E-state index contributed by atoms with van der Waals surface area (Å²) in [5.41, 5.74) is 1.85. The molecule has 0 saturated heterocycles. The highest BCUT2D eigenvalue weighted by atomic mass is 79.9. The molecule has 0 aliphatic rings. The maximum absolute atomic E-state index is 3.68. The van der Waals surface area contributed by atoms with Crippen LogP contribution in [0.3, 0.4) is 0 Å². The summed E-state index contributed by atoms with van der Waals surface area (Å²) in [6, 6.07) is 9.17. The molecule has 1 aromatic rings. The van der Waals surface area contributed by atoms with Crippen LogP contribution in [0.4, 0.5) is 0 Å². The van der Waals surface area contributed by atoms with Crippen LogP contribution in [-0.4, -0.2) is 12.6 Å². The number of hydrogen-bond donors (Lipinski definition) is 1. The second-order valence-corrected chi connectivity index (χ2v) is 8.18. The van der Waals surface area contributed by atoms with Crippen LogP contribution in [0.25, 0.3) is 0 Å². The first kappa shape index (κ1) is 17.7. The van der Waals surface area contributed by atoms with Gasteiger partial charge in [-0.25, -0.2) is 0 Å². The molecule has 1 unspecified atom stereocenters. The van der Waals surface area contributed by atoms with E-state index < -0.39 is 0 Å². The Kier molecular flexibility index (Phi) is 7.25. The SMILES string of the molecule is CC(C)NCC(CCC(C)(C)C)Cc1ccccc1Br. The minimum atomic E-state index is 0.421. The van der Waals surface area contributed by atoms with Crippen LogP contribution in [0.1, 0.15) is 53.0 Å². The summed E-state index contributed by atoms with van der Waals surface area (Å²) >= 11 is 3.68. The van der Waals surface area contributed by atoms with Gasteiger partial charge >= 0.3 is 0 Å². The van der Waals surface area contributed by atoms with E-state index in [9.17, 15) is 0 Å². The predicted octanol–water partition coefficient (Wildman–Crippen LogP) is 5.43. The maximum Gasteiger partial charge on any atom is 0.0207 e. The summed E-state index contributed by atoms with van der Waals surface area (Å²) in [7, 11) is 0. The monoisotopic (exact) mass is 339 g/mol. The van der Waals surface area contributed by atoms with Gasteiger partial charge in [-0.1, -0.05) is 68.7 Å². The molecule has 1 atom stereocenters. The van der Waals surface area contributed by atoms with Crippen molar-refractivity contribution < 1.29 is 0 Å². The lowest BCUT2D eigenvalue weighted by Gasteiger charge is -2.24. The van der Waals surface area contributed by atoms with E-state index in [1.54, 1.807) is 0 Å². The third kappa shape index (κ3) is 7.44. The zero-order chi connectivity index (χ0) is 15.2. The molecule has 114 valence electrons. The fourth-order valence-electron chi connectivity index (χ4n) is 2.29. The third-order valence-electron chi connectivity index (χ3n) is 3.58. The topological polar surface area (TPSA) is 12.0 Å². The summed E-state index contributed by atoms with van der Waals surface area (Å²) in [6.45, 7) is 12.5. The molecule has 1 nitrogen and oxygen atoms in total. The molecule has 1 aromatic carbocycles. The van der Waals surface area contributed by atoms with Gasteiger partial charge in [0.1, 0.15) is 0 Å². The Morgan fingerprint density at radius 2 is 1.80 bits per heavy atom. The van der Waals surface area contributed by atoms with E-state index in [1.807, 2.05) is 0 Å². The van der Waals surface area contributed by atoms with Gasteiger partial charge in [0, 0.05) is 10.5 Å². The van der Waals surface area contributed by atoms with Crippen molar-refractivity contribution in [2.75, 3.05) is 6.54 Å². The second kappa shape index (κ2) is 8.19. The van der Waals surface area contributed by atoms with Crippen LogP contribution in [0.15, 0.2) is 28.7 Å². The fourth-order valence-corrected chi connectivity index (χ4v) is 2.74. The van der Waals surface area contributed by atoms with E-state index >= 15 is 0 Å². The van der Waals surface area contributed by atoms with Crippen LogP contribution >= 0.6 is 15.9 Å². The fraction of sp³-hybridized carbons (Fsp3) is 0.667. The molecule has 0 amide bonds. The smallest absolute Gasteiger partial charge is 0.0207 e. The molecular formula is C18H30BrN. The Morgan fingerprint density at radius 3 is 2.35 bits per heavy atom. The van der Waals surface area contributed by atoms with E-state index in [0.29, 0.717) is 17.4 Å². The lowest BCUT2D eigenvalue weighted by molar-refractivity contribution is 0.310. The van der Waals surface area contributed by atoms with E-state index in [0.717, 1.165) is 13.0 Å². The average molecular weight is 340 g/mol. The largest absolute Gasteiger partial charge is 0.314 e.